The molecular formula is C33H39F2N5O7S. The number of carbonyl (C=O) groups is 2. The second kappa shape index (κ2) is 16.1. The van der Waals surface area contributed by atoms with Crippen molar-refractivity contribution < 1.29 is 41.0 Å². The summed E-state index contributed by atoms with van der Waals surface area (Å²) in [5.74, 6) is -2.88. The third kappa shape index (κ3) is 8.92. The summed E-state index contributed by atoms with van der Waals surface area (Å²) in [5, 5.41) is 10.3. The molecule has 0 fully saturated rings. The van der Waals surface area contributed by atoms with E-state index in [1.165, 1.54) is 18.2 Å². The van der Waals surface area contributed by atoms with E-state index in [0.717, 1.165) is 23.2 Å². The van der Waals surface area contributed by atoms with Crippen LogP contribution in [0.4, 0.5) is 25.1 Å². The Morgan fingerprint density at radius 2 is 1.73 bits per heavy atom. The van der Waals surface area contributed by atoms with Gasteiger partial charge in [0, 0.05) is 43.4 Å². The molecule has 1 amide bonds. The van der Waals surface area contributed by atoms with Crippen molar-refractivity contribution in [1.82, 2.24) is 14.7 Å². The first kappa shape index (κ1) is 36.4. The summed E-state index contributed by atoms with van der Waals surface area (Å²) in [7, 11) is 1.07. The molecule has 4 rings (SSSR count). The molecule has 0 saturated heterocycles. The Hall–Kier alpha value is -4.44. The van der Waals surface area contributed by atoms with Gasteiger partial charge in [0.2, 0.25) is 9.84 Å². The summed E-state index contributed by atoms with van der Waals surface area (Å²) >= 11 is 0. The number of amides is 1. The third-order valence-corrected chi connectivity index (χ3v) is 8.90. The molecule has 0 spiro atoms. The van der Waals surface area contributed by atoms with Crippen molar-refractivity contribution in [1.29, 1.82) is 0 Å². The summed E-state index contributed by atoms with van der Waals surface area (Å²) in [4.78, 5) is 27.9. The number of methoxy groups -OCH3 is 1. The Balaban J connectivity index is 1.77. The minimum absolute atomic E-state index is 0.0629. The van der Waals surface area contributed by atoms with Crippen molar-refractivity contribution in [3.8, 4) is 0 Å². The topological polar surface area (TPSA) is 141 Å². The Morgan fingerprint density at radius 1 is 1.00 bits per heavy atom. The number of benzene rings is 3. The number of likely N-dealkylation sites (N-methyl/N-ethyl adjacent to an activating group) is 1. The highest BCUT2D eigenvalue weighted by Crippen LogP contribution is 2.31. The largest absolute Gasteiger partial charge is 0.445 e. The quantitative estimate of drug-likeness (QED) is 0.165. The minimum atomic E-state index is -4.43. The fraction of sp³-hybridized carbons (Fsp3) is 0.364. The third-order valence-electron chi connectivity index (χ3n) is 7.17. The minimum Gasteiger partial charge on any atom is -0.445 e. The van der Waals surface area contributed by atoms with Gasteiger partial charge in [-0.15, -0.1) is 5.10 Å². The number of nitrogens with one attached hydrogen (secondary N) is 2. The van der Waals surface area contributed by atoms with Crippen molar-refractivity contribution in [2.75, 3.05) is 64.8 Å². The highest BCUT2D eigenvalue weighted by molar-refractivity contribution is 7.91. The van der Waals surface area contributed by atoms with E-state index < -0.39 is 38.4 Å². The maximum Gasteiger partial charge on any atom is 0.435 e. The van der Waals surface area contributed by atoms with Gasteiger partial charge in [0.1, 0.15) is 18.2 Å². The molecule has 258 valence electrons. The van der Waals surface area contributed by atoms with Crippen LogP contribution in [0.2, 0.25) is 0 Å². The zero-order valence-corrected chi connectivity index (χ0v) is 28.2. The molecular weight excluding hydrogens is 648 g/mol. The number of halogens is 2. The Labute approximate surface area is 277 Å². The van der Waals surface area contributed by atoms with Gasteiger partial charge in [0.15, 0.2) is 5.82 Å². The highest BCUT2D eigenvalue weighted by Gasteiger charge is 2.25. The van der Waals surface area contributed by atoms with Crippen molar-refractivity contribution in [3.05, 3.63) is 77.4 Å². The van der Waals surface area contributed by atoms with Crippen LogP contribution in [0.3, 0.4) is 0 Å². The van der Waals surface area contributed by atoms with Crippen molar-refractivity contribution in [3.63, 3.8) is 0 Å². The lowest BCUT2D eigenvalue weighted by molar-refractivity contribution is 0.0786. The van der Waals surface area contributed by atoms with E-state index in [-0.39, 0.29) is 46.4 Å². The van der Waals surface area contributed by atoms with Gasteiger partial charge in [0.05, 0.1) is 34.1 Å². The van der Waals surface area contributed by atoms with E-state index in [1.807, 2.05) is 38.1 Å². The molecule has 1 unspecified atom stereocenters. The molecule has 12 nitrogen and oxygen atoms in total. The average Bonchev–Trinajstić information content (AvgIpc) is 3.39. The second-order valence-corrected chi connectivity index (χ2v) is 13.2. The molecule has 0 saturated carbocycles. The smallest absolute Gasteiger partial charge is 0.435 e. The zero-order chi connectivity index (χ0) is 35.0. The van der Waals surface area contributed by atoms with E-state index in [0.29, 0.717) is 37.1 Å². The maximum absolute atomic E-state index is 14.0. The van der Waals surface area contributed by atoms with Crippen LogP contribution in [-0.2, 0) is 30.5 Å². The van der Waals surface area contributed by atoms with E-state index in [4.69, 9.17) is 14.2 Å². The highest BCUT2D eigenvalue weighted by atomic mass is 32.2. The van der Waals surface area contributed by atoms with Gasteiger partial charge < -0.3 is 29.7 Å². The fourth-order valence-corrected chi connectivity index (χ4v) is 6.19. The molecule has 2 N–H and O–H groups in total. The van der Waals surface area contributed by atoms with Crippen molar-refractivity contribution >= 4 is 44.2 Å². The molecule has 0 aliphatic heterocycles. The van der Waals surface area contributed by atoms with Crippen LogP contribution >= 0.6 is 0 Å². The number of hydrogen-bond acceptors (Lipinski definition) is 10. The van der Waals surface area contributed by atoms with Crippen molar-refractivity contribution in [2.24, 2.45) is 0 Å². The average molecular weight is 688 g/mol. The number of aromatic nitrogens is 2. The predicted molar refractivity (Wildman–Crippen MR) is 176 cm³/mol. The van der Waals surface area contributed by atoms with Gasteiger partial charge >= 0.3 is 6.09 Å². The van der Waals surface area contributed by atoms with Crippen LogP contribution in [0, 0.1) is 11.6 Å². The number of sulfone groups is 1. The summed E-state index contributed by atoms with van der Waals surface area (Å²) in [6, 6.07) is 10.8. The van der Waals surface area contributed by atoms with E-state index in [1.54, 1.807) is 20.1 Å². The lowest BCUT2D eigenvalue weighted by atomic mass is 10.0. The van der Waals surface area contributed by atoms with Gasteiger partial charge in [-0.3, -0.25) is 4.79 Å². The Morgan fingerprint density at radius 3 is 2.40 bits per heavy atom. The molecule has 0 aliphatic carbocycles. The monoisotopic (exact) mass is 687 g/mol. The van der Waals surface area contributed by atoms with Gasteiger partial charge in [0.25, 0.3) is 5.91 Å². The molecule has 0 bridgehead atoms. The molecule has 3 aromatic carbocycles. The van der Waals surface area contributed by atoms with Crippen LogP contribution in [0.1, 0.15) is 29.8 Å². The molecule has 15 heteroatoms. The molecule has 4 aromatic rings. The van der Waals surface area contributed by atoms with Gasteiger partial charge in [-0.05, 0) is 82.4 Å². The molecule has 0 radical (unpaired) electrons. The van der Waals surface area contributed by atoms with Crippen LogP contribution in [0.25, 0.3) is 10.9 Å². The number of carbonyl (C=O) groups excluding carboxylic acids is 2. The zero-order valence-electron chi connectivity index (χ0n) is 27.4. The standard InChI is InChI=1S/C33H39F2N5O7S/c1-6-46-13-14-47-33(42)40-30-10-8-25(48(43,44)26-17-23(34)16-24(35)18-26)19-28(30)31(38-40)37-32(41)27-9-7-22(11-12-39(3)4)15-29(27)36-21(2)20-45-5/h7-10,15-19,21,36H,6,11-14,20H2,1-5H3,(H,37,38,41). The number of hydrogen-bond donors (Lipinski definition) is 2. The second-order valence-electron chi connectivity index (χ2n) is 11.2. The van der Waals surface area contributed by atoms with Crippen LogP contribution in [-0.4, -0.2) is 95.3 Å². The van der Waals surface area contributed by atoms with Gasteiger partial charge in [-0.2, -0.15) is 4.68 Å². The number of ether oxygens (including phenoxy) is 3. The summed E-state index contributed by atoms with van der Waals surface area (Å²) in [6.45, 7) is 5.32. The lowest BCUT2D eigenvalue weighted by Crippen LogP contribution is -2.24. The van der Waals surface area contributed by atoms with Gasteiger partial charge in [-0.25, -0.2) is 22.0 Å². The first-order valence-electron chi connectivity index (χ1n) is 15.2. The van der Waals surface area contributed by atoms with E-state index in [9.17, 15) is 26.8 Å². The number of nitrogens with zero attached hydrogens (tertiary/aromatic N) is 3. The van der Waals surface area contributed by atoms with E-state index in [2.05, 4.69) is 15.7 Å². The van der Waals surface area contributed by atoms with Gasteiger partial charge in [-0.1, -0.05) is 6.07 Å². The number of fused-ring (bicyclic) bond motifs is 1. The fourth-order valence-electron chi connectivity index (χ4n) is 4.86. The number of rotatable bonds is 15. The first-order chi connectivity index (χ1) is 22.8. The first-order valence-corrected chi connectivity index (χ1v) is 16.7. The predicted octanol–water partition coefficient (Wildman–Crippen LogP) is 4.97. The summed E-state index contributed by atoms with van der Waals surface area (Å²) in [5.41, 5.74) is 1.89. The lowest BCUT2D eigenvalue weighted by Gasteiger charge is -2.19. The Kier molecular flexibility index (Phi) is 12.2. The molecule has 48 heavy (non-hydrogen) atoms. The molecule has 0 aliphatic rings. The normalized spacial score (nSPS) is 12.3. The molecule has 1 heterocycles. The van der Waals surface area contributed by atoms with Crippen molar-refractivity contribution in [2.45, 2.75) is 36.1 Å². The molecule has 1 atom stereocenters. The Bertz CT molecular complexity index is 1860. The van der Waals surface area contributed by atoms with Crippen LogP contribution < -0.4 is 10.6 Å². The SMILES string of the molecule is CCOCCOC(=O)n1nc(NC(=O)c2ccc(CCN(C)C)cc2NC(C)COC)c2cc(S(=O)(=O)c3cc(F)cc(F)c3)ccc21. The van der Waals surface area contributed by atoms with Crippen LogP contribution in [0.5, 0.6) is 0 Å². The molecule has 1 aromatic heterocycles. The summed E-state index contributed by atoms with van der Waals surface area (Å²) < 4.78 is 71.4. The van der Waals surface area contributed by atoms with Crippen LogP contribution in [0.15, 0.2) is 64.4 Å². The number of anilines is 2. The summed E-state index contributed by atoms with van der Waals surface area (Å²) in [6.07, 6.45) is -0.168. The van der Waals surface area contributed by atoms with E-state index >= 15 is 0 Å². The maximum atomic E-state index is 14.0.